The summed E-state index contributed by atoms with van der Waals surface area (Å²) >= 11 is 0. The number of ether oxygens (including phenoxy) is 1. The minimum atomic E-state index is -3.20. The fraction of sp³-hybridized carbons (Fsp3) is 0.350. The van der Waals surface area contributed by atoms with Gasteiger partial charge in [-0.1, -0.05) is 6.07 Å². The molecule has 2 aliphatic heterocycles. The average Bonchev–Trinajstić information content (AvgIpc) is 3.02. The van der Waals surface area contributed by atoms with Gasteiger partial charge >= 0.3 is 6.03 Å². The van der Waals surface area contributed by atoms with Gasteiger partial charge in [-0.25, -0.2) is 13.2 Å². The molecule has 7 heteroatoms. The molecule has 2 aliphatic rings. The molecule has 0 unspecified atom stereocenters. The Kier molecular flexibility index (Phi) is 4.14. The lowest BCUT2D eigenvalue weighted by atomic mass is 10.1. The SMILES string of the molecule is COc1ccc(N2C(=O)N(c3cc(C)cc(C)c3)[C@H]3CS(=O)(=O)C[C@H]32)cc1. The van der Waals surface area contributed by atoms with Gasteiger partial charge in [-0.2, -0.15) is 0 Å². The van der Waals surface area contributed by atoms with Crippen molar-refractivity contribution < 1.29 is 17.9 Å². The number of hydrogen-bond acceptors (Lipinski definition) is 4. The lowest BCUT2D eigenvalue weighted by Crippen LogP contribution is -2.38. The lowest BCUT2D eigenvalue weighted by Gasteiger charge is -2.23. The number of fused-ring (bicyclic) bond motifs is 1. The van der Waals surface area contributed by atoms with Crippen molar-refractivity contribution in [2.75, 3.05) is 28.4 Å². The summed E-state index contributed by atoms with van der Waals surface area (Å²) in [4.78, 5) is 16.6. The summed E-state index contributed by atoms with van der Waals surface area (Å²) in [6, 6.07) is 12.1. The van der Waals surface area contributed by atoms with Gasteiger partial charge in [-0.15, -0.1) is 0 Å². The standard InChI is InChI=1S/C20H22N2O4S/c1-13-8-14(2)10-16(9-13)22-19-12-27(24,25)11-18(19)21(20(22)23)15-4-6-17(26-3)7-5-15/h4-10,18-19H,11-12H2,1-3H3/t18-,19+/m1/s1. The van der Waals surface area contributed by atoms with E-state index in [-0.39, 0.29) is 23.6 Å². The van der Waals surface area contributed by atoms with Crippen LogP contribution in [0.3, 0.4) is 0 Å². The van der Waals surface area contributed by atoms with Gasteiger partial charge < -0.3 is 4.74 Å². The van der Waals surface area contributed by atoms with Gasteiger partial charge in [0.05, 0.1) is 30.7 Å². The van der Waals surface area contributed by atoms with E-state index in [0.29, 0.717) is 11.4 Å². The minimum Gasteiger partial charge on any atom is -0.497 e. The third kappa shape index (κ3) is 3.06. The highest BCUT2D eigenvalue weighted by molar-refractivity contribution is 7.91. The number of sulfone groups is 1. The van der Waals surface area contributed by atoms with E-state index in [1.807, 2.05) is 32.0 Å². The Morgan fingerprint density at radius 2 is 1.41 bits per heavy atom. The molecule has 6 nitrogen and oxygen atoms in total. The molecule has 27 heavy (non-hydrogen) atoms. The van der Waals surface area contributed by atoms with Crippen LogP contribution in [0, 0.1) is 13.8 Å². The highest BCUT2D eigenvalue weighted by Crippen LogP contribution is 2.38. The van der Waals surface area contributed by atoms with E-state index in [1.54, 1.807) is 41.2 Å². The van der Waals surface area contributed by atoms with Crippen molar-refractivity contribution in [2.24, 2.45) is 0 Å². The Hall–Kier alpha value is -2.54. The monoisotopic (exact) mass is 386 g/mol. The molecule has 0 radical (unpaired) electrons. The van der Waals surface area contributed by atoms with Crippen LogP contribution in [0.5, 0.6) is 5.75 Å². The van der Waals surface area contributed by atoms with Crippen LogP contribution in [-0.2, 0) is 9.84 Å². The van der Waals surface area contributed by atoms with Crippen LogP contribution in [-0.4, -0.2) is 45.1 Å². The average molecular weight is 386 g/mol. The molecule has 0 aromatic heterocycles. The van der Waals surface area contributed by atoms with Crippen LogP contribution in [0.2, 0.25) is 0 Å². The van der Waals surface area contributed by atoms with E-state index in [9.17, 15) is 13.2 Å². The topological polar surface area (TPSA) is 66.9 Å². The molecule has 2 aromatic rings. The summed E-state index contributed by atoms with van der Waals surface area (Å²) in [5, 5.41) is 0. The smallest absolute Gasteiger partial charge is 0.329 e. The van der Waals surface area contributed by atoms with Gasteiger partial charge in [0.25, 0.3) is 0 Å². The molecular weight excluding hydrogens is 364 g/mol. The number of rotatable bonds is 3. The summed E-state index contributed by atoms with van der Waals surface area (Å²) in [6.07, 6.45) is 0. The molecule has 2 amide bonds. The van der Waals surface area contributed by atoms with E-state index in [4.69, 9.17) is 4.74 Å². The van der Waals surface area contributed by atoms with Crippen LogP contribution >= 0.6 is 0 Å². The summed E-state index contributed by atoms with van der Waals surface area (Å²) < 4.78 is 29.9. The second-order valence-corrected chi connectivity index (χ2v) is 9.43. The highest BCUT2D eigenvalue weighted by Gasteiger charge is 2.54. The van der Waals surface area contributed by atoms with Crippen LogP contribution in [0.4, 0.5) is 16.2 Å². The molecule has 0 saturated carbocycles. The van der Waals surface area contributed by atoms with Crippen molar-refractivity contribution in [3.8, 4) is 5.75 Å². The minimum absolute atomic E-state index is 0.0109. The number of aryl methyl sites for hydroxylation is 2. The van der Waals surface area contributed by atoms with Gasteiger partial charge in [0.2, 0.25) is 0 Å². The predicted molar refractivity (Wildman–Crippen MR) is 105 cm³/mol. The number of carbonyl (C=O) groups excluding carboxylic acids is 1. The van der Waals surface area contributed by atoms with Gasteiger partial charge in [-0.3, -0.25) is 9.80 Å². The van der Waals surface area contributed by atoms with E-state index < -0.39 is 15.9 Å². The van der Waals surface area contributed by atoms with Gasteiger partial charge in [0.1, 0.15) is 5.75 Å². The molecule has 2 fully saturated rings. The molecule has 0 spiro atoms. The molecule has 4 rings (SSSR count). The molecular formula is C20H22N2O4S. The number of anilines is 2. The zero-order chi connectivity index (χ0) is 19.3. The number of benzene rings is 2. The van der Waals surface area contributed by atoms with Gasteiger partial charge in [0.15, 0.2) is 9.84 Å². The van der Waals surface area contributed by atoms with Crippen molar-refractivity contribution in [3.63, 3.8) is 0 Å². The Labute approximate surface area is 159 Å². The number of nitrogens with zero attached hydrogens (tertiary/aromatic N) is 2. The Balaban J connectivity index is 1.80. The second-order valence-electron chi connectivity index (χ2n) is 7.28. The maximum Gasteiger partial charge on any atom is 0.329 e. The van der Waals surface area contributed by atoms with E-state index in [0.717, 1.165) is 16.8 Å². The molecule has 0 aliphatic carbocycles. The van der Waals surface area contributed by atoms with Crippen LogP contribution in [0.15, 0.2) is 42.5 Å². The maximum atomic E-state index is 13.3. The van der Waals surface area contributed by atoms with Crippen LogP contribution < -0.4 is 14.5 Å². The zero-order valence-corrected chi connectivity index (χ0v) is 16.4. The largest absolute Gasteiger partial charge is 0.497 e. The molecule has 142 valence electrons. The molecule has 0 N–H and O–H groups in total. The first-order valence-electron chi connectivity index (χ1n) is 8.84. The highest BCUT2D eigenvalue weighted by atomic mass is 32.2. The Morgan fingerprint density at radius 1 is 0.889 bits per heavy atom. The third-order valence-electron chi connectivity index (χ3n) is 5.20. The van der Waals surface area contributed by atoms with Crippen molar-refractivity contribution in [1.29, 1.82) is 0 Å². The fourth-order valence-corrected chi connectivity index (χ4v) is 6.06. The number of amides is 2. The first-order valence-corrected chi connectivity index (χ1v) is 10.7. The zero-order valence-electron chi connectivity index (χ0n) is 15.5. The molecule has 0 bridgehead atoms. The number of urea groups is 1. The third-order valence-corrected chi connectivity index (χ3v) is 6.90. The van der Waals surface area contributed by atoms with Crippen LogP contribution in [0.1, 0.15) is 11.1 Å². The quantitative estimate of drug-likeness (QED) is 0.761. The van der Waals surface area contributed by atoms with E-state index in [1.165, 1.54) is 0 Å². The molecule has 2 atom stereocenters. The normalized spacial score (nSPS) is 23.6. The summed E-state index contributed by atoms with van der Waals surface area (Å²) in [5.41, 5.74) is 3.51. The Morgan fingerprint density at radius 3 is 1.93 bits per heavy atom. The van der Waals surface area contributed by atoms with Crippen molar-refractivity contribution in [1.82, 2.24) is 0 Å². The fourth-order valence-electron chi connectivity index (χ4n) is 4.14. The maximum absolute atomic E-state index is 13.3. The van der Waals surface area contributed by atoms with Gasteiger partial charge in [0, 0.05) is 11.4 Å². The Bertz CT molecular complexity index is 981. The van der Waals surface area contributed by atoms with Crippen molar-refractivity contribution in [3.05, 3.63) is 53.6 Å². The first kappa shape index (κ1) is 17.9. The van der Waals surface area contributed by atoms with E-state index in [2.05, 4.69) is 0 Å². The summed E-state index contributed by atoms with van der Waals surface area (Å²) in [5.74, 6) is 0.659. The second kappa shape index (κ2) is 6.27. The molecule has 2 saturated heterocycles. The predicted octanol–water partition coefficient (Wildman–Crippen LogP) is 2.92. The molecule has 2 heterocycles. The van der Waals surface area contributed by atoms with Crippen molar-refractivity contribution in [2.45, 2.75) is 25.9 Å². The lowest BCUT2D eigenvalue weighted by molar-refractivity contribution is 0.255. The van der Waals surface area contributed by atoms with Gasteiger partial charge in [-0.05, 0) is 61.4 Å². The number of methoxy groups -OCH3 is 1. The number of carbonyl (C=O) groups is 1. The summed E-state index contributed by atoms with van der Waals surface area (Å²) in [6.45, 7) is 3.95. The molecule has 2 aromatic carbocycles. The van der Waals surface area contributed by atoms with Crippen LogP contribution in [0.25, 0.3) is 0 Å². The van der Waals surface area contributed by atoms with Crippen molar-refractivity contribution >= 4 is 27.2 Å². The first-order chi connectivity index (χ1) is 12.8. The summed E-state index contributed by atoms with van der Waals surface area (Å²) in [7, 11) is -1.62. The number of hydrogen-bond donors (Lipinski definition) is 0. The van der Waals surface area contributed by atoms with E-state index >= 15 is 0 Å².